The zero-order valence-electron chi connectivity index (χ0n) is 9.77. The number of carbonyl (C=O) groups excluding carboxylic acids is 1. The Morgan fingerprint density at radius 1 is 1.53 bits per heavy atom. The molecule has 0 amide bonds. The van der Waals surface area contributed by atoms with Crippen LogP contribution in [0.5, 0.6) is 11.6 Å². The molecule has 1 aromatic heterocycles. The molecule has 0 spiro atoms. The molecule has 1 aromatic rings. The fraction of sp³-hybridized carbons (Fsp3) is 0.500. The van der Waals surface area contributed by atoms with E-state index in [2.05, 4.69) is 20.9 Å². The summed E-state index contributed by atoms with van der Waals surface area (Å²) in [5.41, 5.74) is 0. The summed E-state index contributed by atoms with van der Waals surface area (Å²) >= 11 is 3.30. The lowest BCUT2D eigenvalue weighted by Gasteiger charge is -2.12. The van der Waals surface area contributed by atoms with E-state index < -0.39 is 0 Å². The molecule has 1 fully saturated rings. The van der Waals surface area contributed by atoms with Gasteiger partial charge >= 0.3 is 5.97 Å². The van der Waals surface area contributed by atoms with Gasteiger partial charge in [-0.3, -0.25) is 4.79 Å². The predicted molar refractivity (Wildman–Crippen MR) is 66.1 cm³/mol. The number of ether oxygens (including phenoxy) is 2. The van der Waals surface area contributed by atoms with Gasteiger partial charge in [0.1, 0.15) is 0 Å². The van der Waals surface area contributed by atoms with Crippen LogP contribution in [0.4, 0.5) is 0 Å². The molecular weight excluding hydrogens is 286 g/mol. The van der Waals surface area contributed by atoms with Crippen LogP contribution in [0.2, 0.25) is 0 Å². The fourth-order valence-electron chi connectivity index (χ4n) is 1.30. The minimum absolute atomic E-state index is 0.0120. The minimum Gasteiger partial charge on any atom is -0.472 e. The second-order valence-electron chi connectivity index (χ2n) is 4.32. The van der Waals surface area contributed by atoms with Gasteiger partial charge in [0, 0.05) is 16.7 Å². The molecule has 0 aliphatic heterocycles. The molecule has 1 aliphatic carbocycles. The molecule has 2 rings (SSSR count). The van der Waals surface area contributed by atoms with E-state index in [1.54, 1.807) is 12.3 Å². The highest BCUT2D eigenvalue weighted by Crippen LogP contribution is 2.34. The topological polar surface area (TPSA) is 48.4 Å². The third-order valence-electron chi connectivity index (χ3n) is 2.25. The lowest BCUT2D eigenvalue weighted by atomic mass is 10.4. The van der Waals surface area contributed by atoms with Crippen LogP contribution in [0.25, 0.3) is 0 Å². The zero-order valence-corrected chi connectivity index (χ0v) is 11.4. The Bertz CT molecular complexity index is 430. The van der Waals surface area contributed by atoms with E-state index in [-0.39, 0.29) is 18.0 Å². The second kappa shape index (κ2) is 5.04. The maximum Gasteiger partial charge on any atom is 0.314 e. The van der Waals surface area contributed by atoms with Crippen LogP contribution in [0.3, 0.4) is 0 Å². The van der Waals surface area contributed by atoms with Gasteiger partial charge in [0.15, 0.2) is 5.75 Å². The third-order valence-corrected chi connectivity index (χ3v) is 2.69. The number of hydrogen-bond acceptors (Lipinski definition) is 4. The van der Waals surface area contributed by atoms with Gasteiger partial charge in [-0.15, -0.1) is 0 Å². The quantitative estimate of drug-likeness (QED) is 0.802. The molecule has 1 saturated carbocycles. The predicted octanol–water partition coefficient (Wildman–Crippen LogP) is 2.95. The summed E-state index contributed by atoms with van der Waals surface area (Å²) in [7, 11) is 0. The van der Waals surface area contributed by atoms with Crippen LogP contribution < -0.4 is 9.47 Å². The monoisotopic (exact) mass is 299 g/mol. The Labute approximate surface area is 108 Å². The van der Waals surface area contributed by atoms with Gasteiger partial charge in [0.05, 0.1) is 12.0 Å². The normalized spacial score (nSPS) is 14.8. The van der Waals surface area contributed by atoms with Crippen molar-refractivity contribution in [1.82, 2.24) is 4.98 Å². The summed E-state index contributed by atoms with van der Waals surface area (Å²) < 4.78 is 11.5. The number of pyridine rings is 1. The molecule has 1 aliphatic rings. The molecule has 92 valence electrons. The van der Waals surface area contributed by atoms with Gasteiger partial charge in [0.25, 0.3) is 5.88 Å². The zero-order chi connectivity index (χ0) is 12.4. The first kappa shape index (κ1) is 12.4. The number of hydrogen-bond donors (Lipinski definition) is 0. The summed E-state index contributed by atoms with van der Waals surface area (Å²) in [6.07, 6.45) is 3.44. The van der Waals surface area contributed by atoms with Crippen molar-refractivity contribution >= 4 is 21.9 Å². The lowest BCUT2D eigenvalue weighted by Crippen LogP contribution is -2.13. The van der Waals surface area contributed by atoms with Crippen LogP contribution in [0.1, 0.15) is 26.7 Å². The molecular formula is C12H14BrNO3. The van der Waals surface area contributed by atoms with Gasteiger partial charge in [-0.25, -0.2) is 4.98 Å². The van der Waals surface area contributed by atoms with Crippen molar-refractivity contribution in [2.24, 2.45) is 5.92 Å². The van der Waals surface area contributed by atoms with Gasteiger partial charge in [0.2, 0.25) is 0 Å². The Hall–Kier alpha value is -1.10. The smallest absolute Gasteiger partial charge is 0.314 e. The van der Waals surface area contributed by atoms with E-state index in [4.69, 9.17) is 9.47 Å². The van der Waals surface area contributed by atoms with Crippen molar-refractivity contribution in [3.63, 3.8) is 0 Å². The molecule has 5 heteroatoms. The Kier molecular flexibility index (Phi) is 3.66. The van der Waals surface area contributed by atoms with Gasteiger partial charge in [-0.05, 0) is 42.6 Å². The van der Waals surface area contributed by atoms with E-state index in [1.807, 2.05) is 13.8 Å². The number of rotatable bonds is 4. The van der Waals surface area contributed by atoms with Crippen molar-refractivity contribution in [3.8, 4) is 11.6 Å². The van der Waals surface area contributed by atoms with Crippen LogP contribution >= 0.6 is 15.9 Å². The van der Waals surface area contributed by atoms with E-state index >= 15 is 0 Å². The summed E-state index contributed by atoms with van der Waals surface area (Å²) in [6.45, 7) is 3.80. The second-order valence-corrected chi connectivity index (χ2v) is 5.23. The molecule has 4 nitrogen and oxygen atoms in total. The van der Waals surface area contributed by atoms with Crippen molar-refractivity contribution < 1.29 is 14.3 Å². The molecule has 0 atom stereocenters. The standard InChI is InChI=1S/C12H14BrNO3/c1-7(2)16-11-10(5-9(13)6-14-11)17-12(15)8-3-4-8/h5-8H,3-4H2,1-2H3. The van der Waals surface area contributed by atoms with E-state index in [1.165, 1.54) is 0 Å². The van der Waals surface area contributed by atoms with E-state index in [9.17, 15) is 4.79 Å². The number of esters is 1. The number of nitrogens with zero attached hydrogens (tertiary/aromatic N) is 1. The fourth-order valence-corrected chi connectivity index (χ4v) is 1.61. The largest absolute Gasteiger partial charge is 0.472 e. The molecule has 0 bridgehead atoms. The van der Waals surface area contributed by atoms with E-state index in [0.29, 0.717) is 11.6 Å². The molecule has 1 heterocycles. The average molecular weight is 300 g/mol. The number of aromatic nitrogens is 1. The first-order valence-corrected chi connectivity index (χ1v) is 6.39. The Morgan fingerprint density at radius 3 is 2.82 bits per heavy atom. The Morgan fingerprint density at radius 2 is 2.24 bits per heavy atom. The maximum atomic E-state index is 11.6. The number of halogens is 1. The highest BCUT2D eigenvalue weighted by atomic mass is 79.9. The molecule has 0 aromatic carbocycles. The van der Waals surface area contributed by atoms with Crippen molar-refractivity contribution in [3.05, 3.63) is 16.7 Å². The van der Waals surface area contributed by atoms with Crippen LogP contribution in [0, 0.1) is 5.92 Å². The van der Waals surface area contributed by atoms with Crippen LogP contribution in [-0.4, -0.2) is 17.1 Å². The van der Waals surface area contributed by atoms with Crippen LogP contribution in [-0.2, 0) is 4.79 Å². The first-order chi connectivity index (χ1) is 8.06. The Balaban J connectivity index is 2.16. The molecule has 0 radical (unpaired) electrons. The van der Waals surface area contributed by atoms with Gasteiger partial charge in [-0.2, -0.15) is 0 Å². The molecule has 17 heavy (non-hydrogen) atoms. The van der Waals surface area contributed by atoms with Gasteiger partial charge in [-0.1, -0.05) is 0 Å². The van der Waals surface area contributed by atoms with Gasteiger partial charge < -0.3 is 9.47 Å². The maximum absolute atomic E-state index is 11.6. The van der Waals surface area contributed by atoms with Crippen molar-refractivity contribution in [1.29, 1.82) is 0 Å². The minimum atomic E-state index is -0.196. The summed E-state index contributed by atoms with van der Waals surface area (Å²) in [5.74, 6) is 0.599. The first-order valence-electron chi connectivity index (χ1n) is 5.60. The van der Waals surface area contributed by atoms with Crippen molar-refractivity contribution in [2.45, 2.75) is 32.8 Å². The molecule has 0 saturated heterocycles. The number of carbonyl (C=O) groups is 1. The SMILES string of the molecule is CC(C)Oc1ncc(Br)cc1OC(=O)C1CC1. The third kappa shape index (κ3) is 3.43. The molecule has 0 N–H and O–H groups in total. The van der Waals surface area contributed by atoms with Crippen molar-refractivity contribution in [2.75, 3.05) is 0 Å². The van der Waals surface area contributed by atoms with Crippen LogP contribution in [0.15, 0.2) is 16.7 Å². The average Bonchev–Trinajstić information content (AvgIpc) is 3.05. The molecule has 0 unspecified atom stereocenters. The summed E-state index contributed by atoms with van der Waals surface area (Å²) in [5, 5.41) is 0. The van der Waals surface area contributed by atoms with E-state index in [0.717, 1.165) is 17.3 Å². The highest BCUT2D eigenvalue weighted by Gasteiger charge is 2.32. The summed E-state index contributed by atoms with van der Waals surface area (Å²) in [4.78, 5) is 15.7. The highest BCUT2D eigenvalue weighted by molar-refractivity contribution is 9.10. The summed E-state index contributed by atoms with van der Waals surface area (Å²) in [6, 6.07) is 1.70. The lowest BCUT2D eigenvalue weighted by molar-refractivity contribution is -0.135.